The molecule has 1 saturated carbocycles. The molecule has 2 heterocycles. The van der Waals surface area contributed by atoms with Crippen molar-refractivity contribution < 1.29 is 18.4 Å². The number of nitrogens with zero attached hydrogens (tertiary/aromatic N) is 2. The topological polar surface area (TPSA) is 62.3 Å². The zero-order valence-corrected chi connectivity index (χ0v) is 14.6. The first-order valence-corrected chi connectivity index (χ1v) is 8.94. The van der Waals surface area contributed by atoms with Crippen molar-refractivity contribution in [3.8, 4) is 0 Å². The summed E-state index contributed by atoms with van der Waals surface area (Å²) < 4.78 is 26.3. The van der Waals surface area contributed by atoms with Crippen molar-refractivity contribution in [2.24, 2.45) is 11.3 Å². The lowest BCUT2D eigenvalue weighted by atomic mass is 9.90. The number of pyridine rings is 1. The molecule has 1 atom stereocenters. The van der Waals surface area contributed by atoms with Gasteiger partial charge >= 0.3 is 0 Å². The number of amides is 2. The molecule has 1 saturated heterocycles. The van der Waals surface area contributed by atoms with Crippen LogP contribution < -0.4 is 5.32 Å². The SMILES string of the molecule is O=C(Nc1ccc(F)c(F)c1)C1CC12CCN(C(=O)c1cccnc1)CC2. The summed E-state index contributed by atoms with van der Waals surface area (Å²) in [5.41, 5.74) is 0.732. The molecule has 4 rings (SSSR count). The molecule has 140 valence electrons. The minimum atomic E-state index is -0.986. The van der Waals surface area contributed by atoms with E-state index in [-0.39, 0.29) is 28.8 Å². The van der Waals surface area contributed by atoms with E-state index in [0.717, 1.165) is 31.4 Å². The van der Waals surface area contributed by atoms with E-state index in [9.17, 15) is 18.4 Å². The Morgan fingerprint density at radius 3 is 2.59 bits per heavy atom. The van der Waals surface area contributed by atoms with Crippen LogP contribution >= 0.6 is 0 Å². The number of anilines is 1. The number of likely N-dealkylation sites (tertiary alicyclic amines) is 1. The van der Waals surface area contributed by atoms with Gasteiger partial charge in [0.25, 0.3) is 5.91 Å². The van der Waals surface area contributed by atoms with Crippen LogP contribution in [0.2, 0.25) is 0 Å². The number of aromatic nitrogens is 1. The fourth-order valence-corrected chi connectivity index (χ4v) is 3.90. The highest BCUT2D eigenvalue weighted by molar-refractivity contribution is 5.95. The fraction of sp³-hybridized carbons (Fsp3) is 0.350. The first kappa shape index (κ1) is 17.6. The van der Waals surface area contributed by atoms with Crippen LogP contribution in [0.1, 0.15) is 29.6 Å². The standard InChI is InChI=1S/C20H19F2N3O2/c21-16-4-3-14(10-17(16)22)24-18(26)15-11-20(15)5-8-25(9-6-20)19(27)13-2-1-7-23-12-13/h1-4,7,10,12,15H,5-6,8-9,11H2,(H,24,26). The van der Waals surface area contributed by atoms with Gasteiger partial charge in [-0.05, 0) is 48.9 Å². The molecule has 2 fully saturated rings. The maximum absolute atomic E-state index is 13.3. The van der Waals surface area contributed by atoms with Crippen LogP contribution in [0.5, 0.6) is 0 Å². The van der Waals surface area contributed by atoms with Crippen LogP contribution in [0.15, 0.2) is 42.7 Å². The molecule has 5 nitrogen and oxygen atoms in total. The van der Waals surface area contributed by atoms with Crippen molar-refractivity contribution in [1.29, 1.82) is 0 Å². The zero-order valence-electron chi connectivity index (χ0n) is 14.6. The highest BCUT2D eigenvalue weighted by Gasteiger charge is 2.58. The largest absolute Gasteiger partial charge is 0.339 e. The van der Waals surface area contributed by atoms with Crippen LogP contribution in [-0.2, 0) is 4.79 Å². The Balaban J connectivity index is 1.34. The molecule has 27 heavy (non-hydrogen) atoms. The van der Waals surface area contributed by atoms with Crippen LogP contribution in [0, 0.1) is 23.0 Å². The normalized spacial score (nSPS) is 20.4. The van der Waals surface area contributed by atoms with E-state index in [2.05, 4.69) is 10.3 Å². The Labute approximate surface area is 155 Å². The summed E-state index contributed by atoms with van der Waals surface area (Å²) in [6.07, 6.45) is 5.46. The number of carbonyl (C=O) groups is 2. The molecule has 1 aromatic carbocycles. The van der Waals surface area contributed by atoms with Crippen LogP contribution in [0.3, 0.4) is 0 Å². The number of hydrogen-bond acceptors (Lipinski definition) is 3. The number of halogens is 2. The van der Waals surface area contributed by atoms with Crippen molar-refractivity contribution in [2.75, 3.05) is 18.4 Å². The number of hydrogen-bond donors (Lipinski definition) is 1. The van der Waals surface area contributed by atoms with Gasteiger partial charge in [-0.1, -0.05) is 0 Å². The monoisotopic (exact) mass is 371 g/mol. The molecule has 1 aromatic heterocycles. The second-order valence-corrected chi connectivity index (χ2v) is 7.27. The number of nitrogens with one attached hydrogen (secondary N) is 1. The van der Waals surface area contributed by atoms with Gasteiger partial charge < -0.3 is 10.2 Å². The summed E-state index contributed by atoms with van der Waals surface area (Å²) >= 11 is 0. The number of piperidine rings is 1. The second-order valence-electron chi connectivity index (χ2n) is 7.27. The molecule has 2 aliphatic rings. The van der Waals surface area contributed by atoms with Gasteiger partial charge in [0.1, 0.15) is 0 Å². The van der Waals surface area contributed by atoms with Crippen molar-refractivity contribution in [3.05, 3.63) is 59.9 Å². The average molecular weight is 371 g/mol. The summed E-state index contributed by atoms with van der Waals surface area (Å²) in [7, 11) is 0. The van der Waals surface area contributed by atoms with E-state index in [1.807, 2.05) is 0 Å². The predicted octanol–water partition coefficient (Wildman–Crippen LogP) is 3.24. The third-order valence-electron chi connectivity index (χ3n) is 5.65. The van der Waals surface area contributed by atoms with Crippen LogP contribution in [0.25, 0.3) is 0 Å². The van der Waals surface area contributed by atoms with Gasteiger partial charge in [0.05, 0.1) is 5.56 Å². The van der Waals surface area contributed by atoms with Crippen LogP contribution in [0.4, 0.5) is 14.5 Å². The number of benzene rings is 1. The zero-order chi connectivity index (χ0) is 19.0. The Morgan fingerprint density at radius 1 is 1.15 bits per heavy atom. The molecule has 2 amide bonds. The highest BCUT2D eigenvalue weighted by Crippen LogP contribution is 2.59. The maximum atomic E-state index is 13.3. The van der Waals surface area contributed by atoms with Crippen LogP contribution in [-0.4, -0.2) is 34.8 Å². The van der Waals surface area contributed by atoms with E-state index in [1.165, 1.54) is 6.07 Å². The molecule has 1 aliphatic heterocycles. The quantitative estimate of drug-likeness (QED) is 0.901. The Bertz CT molecular complexity index is 880. The summed E-state index contributed by atoms with van der Waals surface area (Å²) in [4.78, 5) is 30.7. The molecule has 2 aromatic rings. The third kappa shape index (κ3) is 3.41. The Kier molecular flexibility index (Phi) is 4.37. The molecule has 7 heteroatoms. The van der Waals surface area contributed by atoms with E-state index >= 15 is 0 Å². The summed E-state index contributed by atoms with van der Waals surface area (Å²) in [5.74, 6) is -2.29. The Morgan fingerprint density at radius 2 is 1.93 bits per heavy atom. The van der Waals surface area contributed by atoms with Crippen molar-refractivity contribution >= 4 is 17.5 Å². The number of rotatable bonds is 3. The maximum Gasteiger partial charge on any atom is 0.255 e. The minimum absolute atomic E-state index is 0.0404. The molecule has 1 spiro atoms. The van der Waals surface area contributed by atoms with E-state index < -0.39 is 11.6 Å². The van der Waals surface area contributed by atoms with Gasteiger partial charge in [0, 0.05) is 43.2 Å². The summed E-state index contributed by atoms with van der Waals surface area (Å²) in [6, 6.07) is 6.81. The molecule has 1 unspecified atom stereocenters. The van der Waals surface area contributed by atoms with Gasteiger partial charge in [-0.15, -0.1) is 0 Å². The highest BCUT2D eigenvalue weighted by atomic mass is 19.2. The van der Waals surface area contributed by atoms with Crippen molar-refractivity contribution in [3.63, 3.8) is 0 Å². The van der Waals surface area contributed by atoms with E-state index in [0.29, 0.717) is 18.7 Å². The van der Waals surface area contributed by atoms with Crippen molar-refractivity contribution in [2.45, 2.75) is 19.3 Å². The van der Waals surface area contributed by atoms with E-state index in [1.54, 1.807) is 29.4 Å². The lowest BCUT2D eigenvalue weighted by Crippen LogP contribution is -2.40. The summed E-state index contributed by atoms with van der Waals surface area (Å²) in [5, 5.41) is 2.67. The molecule has 1 N–H and O–H groups in total. The van der Waals surface area contributed by atoms with Gasteiger partial charge in [0.2, 0.25) is 5.91 Å². The number of carbonyl (C=O) groups excluding carboxylic acids is 2. The average Bonchev–Trinajstić information content (AvgIpc) is 3.39. The smallest absolute Gasteiger partial charge is 0.255 e. The second kappa shape index (κ2) is 6.72. The third-order valence-corrected chi connectivity index (χ3v) is 5.65. The molecule has 0 radical (unpaired) electrons. The predicted molar refractivity (Wildman–Crippen MR) is 94.9 cm³/mol. The van der Waals surface area contributed by atoms with Gasteiger partial charge in [0.15, 0.2) is 11.6 Å². The first-order chi connectivity index (χ1) is 13.0. The minimum Gasteiger partial charge on any atom is -0.339 e. The molecule has 0 bridgehead atoms. The van der Waals surface area contributed by atoms with Crippen molar-refractivity contribution in [1.82, 2.24) is 9.88 Å². The molecular formula is C20H19F2N3O2. The summed E-state index contributed by atoms with van der Waals surface area (Å²) in [6.45, 7) is 1.20. The van der Waals surface area contributed by atoms with Gasteiger partial charge in [-0.3, -0.25) is 14.6 Å². The van der Waals surface area contributed by atoms with Gasteiger partial charge in [-0.25, -0.2) is 8.78 Å². The Hall–Kier alpha value is -2.83. The lowest BCUT2D eigenvalue weighted by molar-refractivity contribution is -0.118. The van der Waals surface area contributed by atoms with E-state index in [4.69, 9.17) is 0 Å². The molecule has 1 aliphatic carbocycles. The molecular weight excluding hydrogens is 352 g/mol. The fourth-order valence-electron chi connectivity index (χ4n) is 3.90. The lowest BCUT2D eigenvalue weighted by Gasteiger charge is -2.32. The van der Waals surface area contributed by atoms with Gasteiger partial charge in [-0.2, -0.15) is 0 Å². The first-order valence-electron chi connectivity index (χ1n) is 8.94.